The first-order valence-corrected chi connectivity index (χ1v) is 5.61. The van der Waals surface area contributed by atoms with E-state index in [2.05, 4.69) is 10.3 Å². The molecule has 1 aromatic rings. The number of anilines is 1. The maximum absolute atomic E-state index is 5.80. The van der Waals surface area contributed by atoms with Crippen LogP contribution in [0.25, 0.3) is 0 Å². The van der Waals surface area contributed by atoms with Gasteiger partial charge in [0.1, 0.15) is 5.15 Å². The van der Waals surface area contributed by atoms with E-state index in [4.69, 9.17) is 16.3 Å². The molecule has 4 heteroatoms. The summed E-state index contributed by atoms with van der Waals surface area (Å²) in [6.07, 6.45) is 2.12. The Hall–Kier alpha value is -0.800. The van der Waals surface area contributed by atoms with Gasteiger partial charge in [-0.15, -0.1) is 0 Å². The molecule has 0 aliphatic carbocycles. The van der Waals surface area contributed by atoms with E-state index in [0.717, 1.165) is 37.4 Å². The van der Waals surface area contributed by atoms with Crippen molar-refractivity contribution in [3.8, 4) is 0 Å². The minimum atomic E-state index is 0.500. The van der Waals surface area contributed by atoms with Crippen LogP contribution in [0, 0.1) is 6.92 Å². The van der Waals surface area contributed by atoms with Crippen molar-refractivity contribution < 1.29 is 4.74 Å². The number of hydrogen-bond acceptors (Lipinski definition) is 3. The molecule has 1 saturated heterocycles. The zero-order chi connectivity index (χ0) is 10.7. The highest BCUT2D eigenvalue weighted by Crippen LogP contribution is 2.19. The Morgan fingerprint density at radius 2 is 2.13 bits per heavy atom. The van der Waals surface area contributed by atoms with Crippen LogP contribution in [0.4, 0.5) is 5.69 Å². The Bertz CT molecular complexity index is 337. The van der Waals surface area contributed by atoms with Crippen LogP contribution in [0.2, 0.25) is 5.15 Å². The molecular formula is C11H15ClN2O. The van der Waals surface area contributed by atoms with Gasteiger partial charge in [-0.3, -0.25) is 0 Å². The Kier molecular flexibility index (Phi) is 3.44. The molecule has 1 aromatic heterocycles. The predicted molar refractivity (Wildman–Crippen MR) is 61.4 cm³/mol. The molecule has 0 unspecified atom stereocenters. The summed E-state index contributed by atoms with van der Waals surface area (Å²) in [4.78, 5) is 4.21. The van der Waals surface area contributed by atoms with E-state index >= 15 is 0 Å². The molecule has 0 radical (unpaired) electrons. The summed E-state index contributed by atoms with van der Waals surface area (Å²) in [6, 6.07) is 4.30. The molecule has 0 atom stereocenters. The van der Waals surface area contributed by atoms with Crippen LogP contribution in [0.3, 0.4) is 0 Å². The lowest BCUT2D eigenvalue weighted by Gasteiger charge is -2.24. The number of halogens is 1. The summed E-state index contributed by atoms with van der Waals surface area (Å²) in [5.41, 5.74) is 2.03. The van der Waals surface area contributed by atoms with Crippen LogP contribution in [0.1, 0.15) is 18.5 Å². The van der Waals surface area contributed by atoms with Crippen molar-refractivity contribution in [3.05, 3.63) is 23.0 Å². The molecule has 1 N–H and O–H groups in total. The topological polar surface area (TPSA) is 34.2 Å². The van der Waals surface area contributed by atoms with Gasteiger partial charge in [0.05, 0.1) is 11.4 Å². The van der Waals surface area contributed by atoms with Gasteiger partial charge in [-0.25, -0.2) is 4.98 Å². The molecule has 1 fully saturated rings. The third-order valence-electron chi connectivity index (χ3n) is 2.63. The smallest absolute Gasteiger partial charge is 0.129 e. The molecule has 0 bridgehead atoms. The monoisotopic (exact) mass is 226 g/mol. The summed E-state index contributed by atoms with van der Waals surface area (Å²) in [5.74, 6) is 0. The molecule has 0 saturated carbocycles. The van der Waals surface area contributed by atoms with E-state index in [1.54, 1.807) is 0 Å². The molecule has 82 valence electrons. The number of hydrogen-bond donors (Lipinski definition) is 1. The van der Waals surface area contributed by atoms with Gasteiger partial charge >= 0.3 is 0 Å². The number of aromatic nitrogens is 1. The second kappa shape index (κ2) is 4.81. The van der Waals surface area contributed by atoms with Gasteiger partial charge in [-0.05, 0) is 31.9 Å². The van der Waals surface area contributed by atoms with Crippen molar-refractivity contribution in [3.63, 3.8) is 0 Å². The molecule has 2 rings (SSSR count). The number of nitrogens with one attached hydrogen (secondary N) is 1. The highest BCUT2D eigenvalue weighted by Gasteiger charge is 2.14. The first-order chi connectivity index (χ1) is 7.25. The average molecular weight is 227 g/mol. The van der Waals surface area contributed by atoms with Crippen molar-refractivity contribution in [1.82, 2.24) is 4.98 Å². The number of ether oxygens (including phenoxy) is 1. The number of pyridine rings is 1. The molecular weight excluding hydrogens is 212 g/mol. The van der Waals surface area contributed by atoms with Crippen molar-refractivity contribution in [2.75, 3.05) is 18.5 Å². The van der Waals surface area contributed by atoms with Crippen LogP contribution in [-0.4, -0.2) is 24.2 Å². The van der Waals surface area contributed by atoms with Crippen LogP contribution in [-0.2, 0) is 4.74 Å². The highest BCUT2D eigenvalue weighted by molar-refractivity contribution is 6.29. The van der Waals surface area contributed by atoms with Gasteiger partial charge in [0.2, 0.25) is 0 Å². The quantitative estimate of drug-likeness (QED) is 0.788. The fraction of sp³-hybridized carbons (Fsp3) is 0.545. The maximum Gasteiger partial charge on any atom is 0.129 e. The van der Waals surface area contributed by atoms with E-state index in [1.807, 2.05) is 19.1 Å². The standard InChI is InChI=1S/C11H15ClN2O/c1-8-10(2-3-11(12)13-8)14-9-4-6-15-7-5-9/h2-3,9,14H,4-7H2,1H3. The fourth-order valence-electron chi connectivity index (χ4n) is 1.74. The lowest BCUT2D eigenvalue weighted by molar-refractivity contribution is 0.0904. The first-order valence-electron chi connectivity index (χ1n) is 5.23. The minimum Gasteiger partial charge on any atom is -0.381 e. The van der Waals surface area contributed by atoms with E-state index in [-0.39, 0.29) is 0 Å². The molecule has 0 aromatic carbocycles. The highest BCUT2D eigenvalue weighted by atomic mass is 35.5. The SMILES string of the molecule is Cc1nc(Cl)ccc1NC1CCOCC1. The third-order valence-corrected chi connectivity index (χ3v) is 2.84. The predicted octanol–water partition coefficient (Wildman–Crippen LogP) is 2.63. The molecule has 0 amide bonds. The molecule has 0 spiro atoms. The first kappa shape index (κ1) is 10.7. The molecule has 3 nitrogen and oxygen atoms in total. The minimum absolute atomic E-state index is 0.500. The largest absolute Gasteiger partial charge is 0.381 e. The van der Waals surface area contributed by atoms with Crippen LogP contribution >= 0.6 is 11.6 Å². The van der Waals surface area contributed by atoms with Crippen LogP contribution < -0.4 is 5.32 Å². The number of rotatable bonds is 2. The normalized spacial score (nSPS) is 17.7. The second-order valence-electron chi connectivity index (χ2n) is 3.80. The number of nitrogens with zero attached hydrogens (tertiary/aromatic N) is 1. The van der Waals surface area contributed by atoms with E-state index in [9.17, 15) is 0 Å². The second-order valence-corrected chi connectivity index (χ2v) is 4.19. The Labute approximate surface area is 94.8 Å². The summed E-state index contributed by atoms with van der Waals surface area (Å²) >= 11 is 5.80. The van der Waals surface area contributed by atoms with Crippen molar-refractivity contribution in [2.45, 2.75) is 25.8 Å². The van der Waals surface area contributed by atoms with Crippen molar-refractivity contribution in [2.24, 2.45) is 0 Å². The van der Waals surface area contributed by atoms with E-state index in [0.29, 0.717) is 11.2 Å². The molecule has 1 aliphatic rings. The molecule has 2 heterocycles. The van der Waals surface area contributed by atoms with Gasteiger partial charge in [-0.1, -0.05) is 11.6 Å². The summed E-state index contributed by atoms with van der Waals surface area (Å²) in [6.45, 7) is 3.66. The van der Waals surface area contributed by atoms with Gasteiger partial charge < -0.3 is 10.1 Å². The van der Waals surface area contributed by atoms with Gasteiger partial charge in [-0.2, -0.15) is 0 Å². The lowest BCUT2D eigenvalue weighted by Crippen LogP contribution is -2.28. The summed E-state index contributed by atoms with van der Waals surface area (Å²) < 4.78 is 5.31. The Morgan fingerprint density at radius 3 is 2.80 bits per heavy atom. The lowest BCUT2D eigenvalue weighted by atomic mass is 10.1. The summed E-state index contributed by atoms with van der Waals surface area (Å²) in [7, 11) is 0. The van der Waals surface area contributed by atoms with E-state index in [1.165, 1.54) is 0 Å². The Morgan fingerprint density at radius 1 is 1.40 bits per heavy atom. The van der Waals surface area contributed by atoms with Gasteiger partial charge in [0, 0.05) is 19.3 Å². The zero-order valence-corrected chi connectivity index (χ0v) is 9.55. The van der Waals surface area contributed by atoms with E-state index < -0.39 is 0 Å². The van der Waals surface area contributed by atoms with Crippen molar-refractivity contribution in [1.29, 1.82) is 0 Å². The number of aryl methyl sites for hydroxylation is 1. The fourth-order valence-corrected chi connectivity index (χ4v) is 1.93. The van der Waals surface area contributed by atoms with Crippen LogP contribution in [0.15, 0.2) is 12.1 Å². The maximum atomic E-state index is 5.80. The van der Waals surface area contributed by atoms with Crippen LogP contribution in [0.5, 0.6) is 0 Å². The van der Waals surface area contributed by atoms with Crippen molar-refractivity contribution >= 4 is 17.3 Å². The third kappa shape index (κ3) is 2.83. The average Bonchev–Trinajstić information content (AvgIpc) is 2.24. The summed E-state index contributed by atoms with van der Waals surface area (Å²) in [5, 5.41) is 4.02. The zero-order valence-electron chi connectivity index (χ0n) is 8.79. The van der Waals surface area contributed by atoms with Gasteiger partial charge in [0.15, 0.2) is 0 Å². The Balaban J connectivity index is 2.03. The molecule has 15 heavy (non-hydrogen) atoms. The van der Waals surface area contributed by atoms with Gasteiger partial charge in [0.25, 0.3) is 0 Å². The molecule has 1 aliphatic heterocycles.